The molecular weight excluding hydrogens is 584 g/mol. The highest BCUT2D eigenvalue weighted by atomic mass is 35.5. The molecule has 4 heterocycles. The van der Waals surface area contributed by atoms with E-state index in [1.54, 1.807) is 16.2 Å². The van der Waals surface area contributed by atoms with Crippen LogP contribution in [0, 0.1) is 6.92 Å². The maximum atomic E-state index is 13.6. The first-order valence-electron chi connectivity index (χ1n) is 14.4. The van der Waals surface area contributed by atoms with Crippen LogP contribution in [-0.2, 0) is 17.7 Å². The van der Waals surface area contributed by atoms with Crippen molar-refractivity contribution < 1.29 is 19.0 Å². The molecule has 1 unspecified atom stereocenters. The molecule has 1 saturated heterocycles. The van der Waals surface area contributed by atoms with Gasteiger partial charge in [0.25, 0.3) is 5.19 Å². The van der Waals surface area contributed by atoms with Crippen molar-refractivity contribution in [2.45, 2.75) is 25.9 Å². The van der Waals surface area contributed by atoms with Crippen molar-refractivity contribution in [3.63, 3.8) is 0 Å². The lowest BCUT2D eigenvalue weighted by atomic mass is 9.92. The molecular formula is C33H31ClN4O4S. The number of H-pyrrole nitrogens is 1. The number of nitrogens with one attached hydrogen (secondary N) is 1. The number of hydrogen-bond donors (Lipinski definition) is 1. The molecule has 0 radical (unpaired) electrons. The Balaban J connectivity index is 1.15. The molecule has 8 nitrogen and oxygen atoms in total. The number of carbonyl (C=O) groups is 1. The van der Waals surface area contributed by atoms with Crippen LogP contribution < -0.4 is 9.47 Å². The normalized spacial score (nSPS) is 17.2. The van der Waals surface area contributed by atoms with Gasteiger partial charge in [0.15, 0.2) is 0 Å². The molecule has 0 bridgehead atoms. The number of morpholine rings is 1. The van der Waals surface area contributed by atoms with E-state index < -0.39 is 6.09 Å². The Morgan fingerprint density at radius 2 is 1.81 bits per heavy atom. The van der Waals surface area contributed by atoms with Gasteiger partial charge in [0, 0.05) is 58.9 Å². The zero-order valence-electron chi connectivity index (χ0n) is 23.7. The highest BCUT2D eigenvalue weighted by Gasteiger charge is 2.36. The first-order chi connectivity index (χ1) is 21.0. The lowest BCUT2D eigenvalue weighted by Crippen LogP contribution is -2.42. The second-order valence-corrected chi connectivity index (χ2v) is 12.4. The maximum Gasteiger partial charge on any atom is 0.416 e. The van der Waals surface area contributed by atoms with E-state index in [9.17, 15) is 4.79 Å². The fourth-order valence-corrected chi connectivity index (χ4v) is 6.77. The molecule has 0 saturated carbocycles. The van der Waals surface area contributed by atoms with Gasteiger partial charge < -0.3 is 19.2 Å². The summed E-state index contributed by atoms with van der Waals surface area (Å²) in [5, 5.41) is 2.37. The summed E-state index contributed by atoms with van der Waals surface area (Å²) in [5.41, 5.74) is 5.16. The fourth-order valence-electron chi connectivity index (χ4n) is 5.78. The van der Waals surface area contributed by atoms with E-state index in [0.717, 1.165) is 71.0 Å². The van der Waals surface area contributed by atoms with Crippen LogP contribution in [0.5, 0.6) is 16.7 Å². The fraction of sp³-hybridized carbons (Fsp3) is 0.273. The number of rotatable bonds is 6. The topological polar surface area (TPSA) is 79.9 Å². The summed E-state index contributed by atoms with van der Waals surface area (Å²) in [7, 11) is 0. The number of halogens is 1. The quantitative estimate of drug-likeness (QED) is 0.215. The SMILES string of the molecule is Cc1ccc(OC(=O)N2CCc3c([nH]c4ccc(Cl)cc34)C2c2ccc(Oc3ncc(CN4CCOCC4)s3)cc2)cc1. The summed E-state index contributed by atoms with van der Waals surface area (Å²) in [6.45, 7) is 6.74. The summed E-state index contributed by atoms with van der Waals surface area (Å²) in [6, 6.07) is 20.8. The molecule has 2 aliphatic heterocycles. The van der Waals surface area contributed by atoms with Gasteiger partial charge in [0.2, 0.25) is 0 Å². The zero-order valence-corrected chi connectivity index (χ0v) is 25.3. The van der Waals surface area contributed by atoms with Crippen LogP contribution in [0.2, 0.25) is 5.02 Å². The molecule has 2 aromatic heterocycles. The number of amides is 1. The molecule has 0 spiro atoms. The smallest absolute Gasteiger partial charge is 0.416 e. The molecule has 3 aromatic carbocycles. The Bertz CT molecular complexity index is 1750. The van der Waals surface area contributed by atoms with E-state index in [1.807, 2.05) is 79.9 Å². The van der Waals surface area contributed by atoms with Crippen molar-refractivity contribution in [2.24, 2.45) is 0 Å². The van der Waals surface area contributed by atoms with Crippen molar-refractivity contribution in [1.82, 2.24) is 19.8 Å². The Morgan fingerprint density at radius 1 is 1.05 bits per heavy atom. The Labute approximate surface area is 258 Å². The summed E-state index contributed by atoms with van der Waals surface area (Å²) in [4.78, 5) is 27.0. The predicted molar refractivity (Wildman–Crippen MR) is 167 cm³/mol. The minimum absolute atomic E-state index is 0.373. The van der Waals surface area contributed by atoms with Gasteiger partial charge in [-0.15, -0.1) is 0 Å². The third-order valence-electron chi connectivity index (χ3n) is 7.97. The number of hydrogen-bond acceptors (Lipinski definition) is 7. The van der Waals surface area contributed by atoms with Crippen molar-refractivity contribution in [2.75, 3.05) is 32.8 Å². The minimum Gasteiger partial charge on any atom is -0.431 e. The lowest BCUT2D eigenvalue weighted by molar-refractivity contribution is 0.0346. The highest BCUT2D eigenvalue weighted by Crippen LogP contribution is 2.40. The summed E-state index contributed by atoms with van der Waals surface area (Å²) in [6.07, 6.45) is 2.17. The number of ether oxygens (including phenoxy) is 3. The van der Waals surface area contributed by atoms with Crippen LogP contribution in [0.25, 0.3) is 10.9 Å². The Kier molecular flexibility index (Phi) is 7.80. The molecule has 43 heavy (non-hydrogen) atoms. The van der Waals surface area contributed by atoms with Crippen molar-refractivity contribution in [3.05, 3.63) is 105 Å². The van der Waals surface area contributed by atoms with Gasteiger partial charge >= 0.3 is 6.09 Å². The van der Waals surface area contributed by atoms with Crippen LogP contribution in [0.1, 0.15) is 33.3 Å². The molecule has 10 heteroatoms. The predicted octanol–water partition coefficient (Wildman–Crippen LogP) is 7.36. The Morgan fingerprint density at radius 3 is 2.60 bits per heavy atom. The molecule has 5 aromatic rings. The maximum absolute atomic E-state index is 13.6. The van der Waals surface area contributed by atoms with Crippen LogP contribution in [0.3, 0.4) is 0 Å². The van der Waals surface area contributed by atoms with Gasteiger partial charge in [0.1, 0.15) is 17.5 Å². The van der Waals surface area contributed by atoms with E-state index in [1.165, 1.54) is 0 Å². The van der Waals surface area contributed by atoms with Crippen molar-refractivity contribution in [3.8, 4) is 16.7 Å². The monoisotopic (exact) mass is 614 g/mol. The number of thiazole rings is 1. The molecule has 7 rings (SSSR count). The molecule has 220 valence electrons. The third kappa shape index (κ3) is 5.99. The second kappa shape index (κ2) is 12.0. The van der Waals surface area contributed by atoms with Crippen LogP contribution in [0.4, 0.5) is 4.79 Å². The number of aromatic nitrogens is 2. The van der Waals surface area contributed by atoms with Crippen molar-refractivity contribution in [1.29, 1.82) is 0 Å². The number of benzene rings is 3. The Hall–Kier alpha value is -3.89. The summed E-state index contributed by atoms with van der Waals surface area (Å²) >= 11 is 7.91. The molecule has 2 aliphatic rings. The zero-order chi connectivity index (χ0) is 29.3. The average molecular weight is 615 g/mol. The van der Waals surface area contributed by atoms with Gasteiger partial charge in [-0.2, -0.15) is 0 Å². The van der Waals surface area contributed by atoms with Gasteiger partial charge in [-0.3, -0.25) is 9.80 Å². The summed E-state index contributed by atoms with van der Waals surface area (Å²) in [5.74, 6) is 1.20. The molecule has 1 amide bonds. The number of aromatic amines is 1. The molecule has 1 atom stereocenters. The number of nitrogens with zero attached hydrogens (tertiary/aromatic N) is 3. The van der Waals surface area contributed by atoms with E-state index >= 15 is 0 Å². The average Bonchev–Trinajstić information content (AvgIpc) is 3.62. The van der Waals surface area contributed by atoms with Gasteiger partial charge in [-0.05, 0) is 66.9 Å². The number of aryl methyl sites for hydroxylation is 1. The van der Waals surface area contributed by atoms with Gasteiger partial charge in [-0.25, -0.2) is 9.78 Å². The van der Waals surface area contributed by atoms with Crippen molar-refractivity contribution >= 4 is 39.9 Å². The third-order valence-corrected chi connectivity index (χ3v) is 9.06. The van der Waals surface area contributed by atoms with Crippen LogP contribution >= 0.6 is 22.9 Å². The van der Waals surface area contributed by atoms with E-state index in [-0.39, 0.29) is 6.04 Å². The second-order valence-electron chi connectivity index (χ2n) is 10.9. The van der Waals surface area contributed by atoms with Crippen LogP contribution in [0.15, 0.2) is 72.9 Å². The summed E-state index contributed by atoms with van der Waals surface area (Å²) < 4.78 is 17.4. The van der Waals surface area contributed by atoms with E-state index in [4.69, 9.17) is 25.8 Å². The highest BCUT2D eigenvalue weighted by molar-refractivity contribution is 7.13. The molecule has 0 aliphatic carbocycles. The minimum atomic E-state index is -0.396. The first kappa shape index (κ1) is 27.9. The number of carbonyl (C=O) groups excluding carboxylic acids is 1. The standard InChI is InChI=1S/C33H31ClN4O4S/c1-21-2-7-25(8-3-21)42-33(39)38-13-12-27-28-18-23(34)6-11-29(28)36-30(27)31(38)22-4-9-24(10-5-22)41-32-35-19-26(43-32)20-37-14-16-40-17-15-37/h2-11,18-19,31,36H,12-17,20H2,1H3. The van der Waals surface area contributed by atoms with Crippen LogP contribution in [-0.4, -0.2) is 58.7 Å². The number of fused-ring (bicyclic) bond motifs is 3. The molecule has 1 fully saturated rings. The lowest BCUT2D eigenvalue weighted by Gasteiger charge is -2.35. The van der Waals surface area contributed by atoms with Gasteiger partial charge in [-0.1, -0.05) is 52.8 Å². The van der Waals surface area contributed by atoms with Gasteiger partial charge in [0.05, 0.1) is 13.2 Å². The largest absolute Gasteiger partial charge is 0.431 e. The van der Waals surface area contributed by atoms with E-state index in [0.29, 0.717) is 34.7 Å². The first-order valence-corrected chi connectivity index (χ1v) is 15.6. The molecule has 1 N–H and O–H groups in total. The van der Waals surface area contributed by atoms with E-state index in [2.05, 4.69) is 14.9 Å².